The molecule has 0 radical (unpaired) electrons. The summed E-state index contributed by atoms with van der Waals surface area (Å²) in [6.45, 7) is 15.0. The molecule has 0 aromatic carbocycles. The number of hydrogen-bond acceptors (Lipinski definition) is 4. The Hall–Kier alpha value is -2.14. The third kappa shape index (κ3) is 11.4. The molecule has 3 N–H and O–H groups in total. The molecule has 0 aliphatic heterocycles. The Balaban J connectivity index is 4.15. The zero-order valence-corrected chi connectivity index (χ0v) is 16.6. The number of hydrogen-bond donors (Lipinski definition) is 2. The van der Waals surface area contributed by atoms with Crippen LogP contribution in [0.25, 0.3) is 0 Å². The average Bonchev–Trinajstić information content (AvgIpc) is 2.59. The molecule has 0 bridgehead atoms. The smallest absolute Gasteiger partial charge is 0.328 e. The maximum atomic E-state index is 11.9. The first-order valence-corrected chi connectivity index (χ1v) is 9.01. The molecule has 0 rings (SSSR count). The minimum Gasteiger partial charge on any atom is -0.460 e. The van der Waals surface area contributed by atoms with E-state index in [9.17, 15) is 9.59 Å². The van der Waals surface area contributed by atoms with Crippen molar-refractivity contribution in [3.8, 4) is 0 Å². The highest BCUT2D eigenvalue weighted by atomic mass is 16.5. The lowest BCUT2D eigenvalue weighted by Gasteiger charge is -2.15. The van der Waals surface area contributed by atoms with Gasteiger partial charge < -0.3 is 15.8 Å². The zero-order chi connectivity index (χ0) is 20.1. The maximum Gasteiger partial charge on any atom is 0.328 e. The van der Waals surface area contributed by atoms with E-state index in [1.54, 1.807) is 19.9 Å². The molecule has 5 heteroatoms. The molecule has 1 amide bonds. The van der Waals surface area contributed by atoms with Gasteiger partial charge in [0.15, 0.2) is 0 Å². The van der Waals surface area contributed by atoms with Gasteiger partial charge in [-0.25, -0.2) is 4.79 Å². The van der Waals surface area contributed by atoms with Crippen molar-refractivity contribution in [3.63, 3.8) is 0 Å². The van der Waals surface area contributed by atoms with Crippen LogP contribution in [-0.2, 0) is 14.3 Å². The predicted molar refractivity (Wildman–Crippen MR) is 108 cm³/mol. The van der Waals surface area contributed by atoms with Gasteiger partial charge in [0.25, 0.3) is 0 Å². The third-order valence-corrected chi connectivity index (χ3v) is 3.85. The SMILES string of the molecule is C=CC(=C)CC/C=C(\C)CC/C=C(\C)COC(=O)[C@H](C)NC(=O)[C@H](C)N. The fourth-order valence-electron chi connectivity index (χ4n) is 2.03. The average molecular weight is 363 g/mol. The van der Waals surface area contributed by atoms with Gasteiger partial charge in [0, 0.05) is 0 Å². The Bertz CT molecular complexity index is 560. The topological polar surface area (TPSA) is 81.4 Å². The highest BCUT2D eigenvalue weighted by molar-refractivity contribution is 5.86. The van der Waals surface area contributed by atoms with E-state index in [2.05, 4.69) is 37.6 Å². The summed E-state index contributed by atoms with van der Waals surface area (Å²) in [5.74, 6) is -0.842. The second-order valence-electron chi connectivity index (χ2n) is 6.67. The summed E-state index contributed by atoms with van der Waals surface area (Å²) in [5.41, 5.74) is 8.82. The summed E-state index contributed by atoms with van der Waals surface area (Å²) in [4.78, 5) is 23.3. The van der Waals surface area contributed by atoms with Gasteiger partial charge in [-0.1, -0.05) is 42.5 Å². The molecule has 146 valence electrons. The van der Waals surface area contributed by atoms with Gasteiger partial charge >= 0.3 is 5.97 Å². The first-order valence-electron chi connectivity index (χ1n) is 9.01. The Morgan fingerprint density at radius 1 is 1.12 bits per heavy atom. The lowest BCUT2D eigenvalue weighted by molar-refractivity contribution is -0.146. The van der Waals surface area contributed by atoms with E-state index in [1.807, 2.05) is 6.92 Å². The number of esters is 1. The number of allylic oxidation sites excluding steroid dienone is 5. The quantitative estimate of drug-likeness (QED) is 0.316. The van der Waals surface area contributed by atoms with Crippen LogP contribution < -0.4 is 11.1 Å². The number of amides is 1. The lowest BCUT2D eigenvalue weighted by Crippen LogP contribution is -2.46. The molecule has 0 aromatic heterocycles. The van der Waals surface area contributed by atoms with Gasteiger partial charge in [-0.05, 0) is 59.0 Å². The summed E-state index contributed by atoms with van der Waals surface area (Å²) in [5, 5.41) is 2.51. The fraction of sp³-hybridized carbons (Fsp3) is 0.524. The molecule has 26 heavy (non-hydrogen) atoms. The van der Waals surface area contributed by atoms with Gasteiger partial charge in [-0.3, -0.25) is 4.79 Å². The molecular weight excluding hydrogens is 328 g/mol. The molecule has 0 spiro atoms. The largest absolute Gasteiger partial charge is 0.460 e. The molecule has 0 unspecified atom stereocenters. The first kappa shape index (κ1) is 23.9. The van der Waals surface area contributed by atoms with E-state index in [4.69, 9.17) is 10.5 Å². The molecule has 0 aliphatic carbocycles. The molecular formula is C21H34N2O3. The normalized spacial score (nSPS) is 14.3. The predicted octanol–water partition coefficient (Wildman–Crippen LogP) is 3.58. The third-order valence-electron chi connectivity index (χ3n) is 3.85. The van der Waals surface area contributed by atoms with Gasteiger partial charge in [0.05, 0.1) is 6.04 Å². The Kier molecular flexibility index (Phi) is 12.0. The summed E-state index contributed by atoms with van der Waals surface area (Å²) < 4.78 is 5.21. The summed E-state index contributed by atoms with van der Waals surface area (Å²) >= 11 is 0. The monoisotopic (exact) mass is 362 g/mol. The van der Waals surface area contributed by atoms with Crippen molar-refractivity contribution >= 4 is 11.9 Å². The standard InChI is InChI=1S/C21H34N2O3/c1-7-15(2)10-8-11-16(3)12-9-13-17(4)14-26-21(25)19(6)23-20(24)18(5)22/h7,11,13,18-19H,1-2,8-10,12,14,22H2,3-6H3,(H,23,24)/b16-11+,17-13+/t18-,19-/m0/s1. The Morgan fingerprint density at radius 3 is 2.27 bits per heavy atom. The minimum absolute atomic E-state index is 0.221. The first-order chi connectivity index (χ1) is 12.2. The molecule has 0 fully saturated rings. The lowest BCUT2D eigenvalue weighted by atomic mass is 10.1. The number of carbonyl (C=O) groups is 2. The minimum atomic E-state index is -0.711. The van der Waals surface area contributed by atoms with Crippen molar-refractivity contribution < 1.29 is 14.3 Å². The zero-order valence-electron chi connectivity index (χ0n) is 16.6. The molecule has 0 saturated heterocycles. The molecule has 0 aliphatic rings. The summed E-state index contributed by atoms with van der Waals surface area (Å²) in [6.07, 6.45) is 9.85. The van der Waals surface area contributed by atoms with Crippen molar-refractivity contribution in [2.75, 3.05) is 6.61 Å². The highest BCUT2D eigenvalue weighted by Gasteiger charge is 2.18. The van der Waals surface area contributed by atoms with Gasteiger partial charge in [-0.2, -0.15) is 0 Å². The van der Waals surface area contributed by atoms with Gasteiger partial charge in [-0.15, -0.1) is 0 Å². The number of carbonyl (C=O) groups excluding carboxylic acids is 2. The van der Waals surface area contributed by atoms with Crippen LogP contribution in [0.1, 0.15) is 53.4 Å². The highest BCUT2D eigenvalue weighted by Crippen LogP contribution is 2.11. The van der Waals surface area contributed by atoms with Crippen LogP contribution >= 0.6 is 0 Å². The van der Waals surface area contributed by atoms with Gasteiger partial charge in [0.1, 0.15) is 12.6 Å². The van der Waals surface area contributed by atoms with E-state index >= 15 is 0 Å². The number of rotatable bonds is 12. The second-order valence-corrected chi connectivity index (χ2v) is 6.67. The molecule has 5 nitrogen and oxygen atoms in total. The van der Waals surface area contributed by atoms with Crippen LogP contribution in [0, 0.1) is 0 Å². The Morgan fingerprint density at radius 2 is 1.69 bits per heavy atom. The van der Waals surface area contributed by atoms with E-state index in [-0.39, 0.29) is 12.5 Å². The molecule has 2 atom stereocenters. The molecule has 0 saturated carbocycles. The van der Waals surface area contributed by atoms with E-state index < -0.39 is 18.1 Å². The van der Waals surface area contributed by atoms with Crippen LogP contribution in [-0.4, -0.2) is 30.6 Å². The number of nitrogens with one attached hydrogen (secondary N) is 1. The van der Waals surface area contributed by atoms with Crippen molar-refractivity contribution in [1.29, 1.82) is 0 Å². The second kappa shape index (κ2) is 13.1. The maximum absolute atomic E-state index is 11.9. The van der Waals surface area contributed by atoms with E-state index in [0.29, 0.717) is 0 Å². The van der Waals surface area contributed by atoms with E-state index in [1.165, 1.54) is 5.57 Å². The van der Waals surface area contributed by atoms with Crippen LogP contribution in [0.5, 0.6) is 0 Å². The van der Waals surface area contributed by atoms with Crippen molar-refractivity contribution in [3.05, 3.63) is 48.1 Å². The van der Waals surface area contributed by atoms with Crippen molar-refractivity contribution in [2.24, 2.45) is 5.73 Å². The van der Waals surface area contributed by atoms with Crippen molar-refractivity contribution in [1.82, 2.24) is 5.32 Å². The van der Waals surface area contributed by atoms with Crippen LogP contribution in [0.15, 0.2) is 48.1 Å². The number of ether oxygens (including phenoxy) is 1. The number of nitrogens with two attached hydrogens (primary N) is 1. The summed E-state index contributed by atoms with van der Waals surface area (Å²) in [6, 6.07) is -1.37. The summed E-state index contributed by atoms with van der Waals surface area (Å²) in [7, 11) is 0. The van der Waals surface area contributed by atoms with Crippen molar-refractivity contribution in [2.45, 2.75) is 65.5 Å². The van der Waals surface area contributed by atoms with Crippen LogP contribution in [0.3, 0.4) is 0 Å². The van der Waals surface area contributed by atoms with E-state index in [0.717, 1.165) is 36.8 Å². The molecule has 0 aromatic rings. The molecule has 0 heterocycles. The van der Waals surface area contributed by atoms with Crippen LogP contribution in [0.4, 0.5) is 0 Å². The van der Waals surface area contributed by atoms with Gasteiger partial charge in [0.2, 0.25) is 5.91 Å². The fourth-order valence-corrected chi connectivity index (χ4v) is 2.03. The van der Waals surface area contributed by atoms with Crippen LogP contribution in [0.2, 0.25) is 0 Å². The Labute approximate surface area is 158 Å².